The normalized spacial score (nSPS) is 23.3. The number of imidazole rings is 1. The van der Waals surface area contributed by atoms with E-state index in [1.165, 1.54) is 36.1 Å². The number of hydrogen-bond donors (Lipinski definition) is 3. The van der Waals surface area contributed by atoms with Crippen LogP contribution in [0.3, 0.4) is 0 Å². The van der Waals surface area contributed by atoms with Crippen molar-refractivity contribution in [2.75, 3.05) is 24.2 Å². The van der Waals surface area contributed by atoms with E-state index in [4.69, 9.17) is 14.2 Å². The molecule has 226 valence electrons. The third-order valence-corrected chi connectivity index (χ3v) is 9.11. The highest BCUT2D eigenvalue weighted by Gasteiger charge is 2.58. The lowest BCUT2D eigenvalue weighted by atomic mass is 10.1. The summed E-state index contributed by atoms with van der Waals surface area (Å²) in [4.78, 5) is 38.6. The molecule has 16 heteroatoms. The number of likely N-dealkylation sites (N-methyl/N-ethyl adjacent to an activating group) is 1. The van der Waals surface area contributed by atoms with Crippen LogP contribution in [0.4, 0.5) is 16.3 Å². The summed E-state index contributed by atoms with van der Waals surface area (Å²) in [6.45, 7) is 9.26. The number of carbonyl (C=O) groups excluding carboxylic acids is 2. The number of hydrogen-bond acceptors (Lipinski definition) is 10. The highest BCUT2D eigenvalue weighted by Crippen LogP contribution is 2.44. The Bertz CT molecular complexity index is 1610. The molecule has 0 saturated carbocycles. The molecule has 0 aliphatic carbocycles. The molecule has 3 N–H and O–H groups in total. The van der Waals surface area contributed by atoms with Crippen molar-refractivity contribution in [3.63, 3.8) is 0 Å². The van der Waals surface area contributed by atoms with E-state index < -0.39 is 46.4 Å². The van der Waals surface area contributed by atoms with E-state index in [0.717, 1.165) is 0 Å². The van der Waals surface area contributed by atoms with Crippen LogP contribution in [0.5, 0.6) is 0 Å². The van der Waals surface area contributed by atoms with Gasteiger partial charge in [-0.2, -0.15) is 4.31 Å². The number of rotatable bonds is 8. The minimum Gasteiger partial charge on any atom is -0.354 e. The van der Waals surface area contributed by atoms with E-state index >= 15 is 0 Å². The Hall–Kier alpha value is -3.70. The molecule has 2 unspecified atom stereocenters. The summed E-state index contributed by atoms with van der Waals surface area (Å²) in [7, 11) is -2.40. The zero-order chi connectivity index (χ0) is 30.4. The molecule has 5 rings (SSSR count). The molecule has 0 spiro atoms. The number of urea groups is 1. The highest BCUT2D eigenvalue weighted by atomic mass is 32.2. The first-order valence-electron chi connectivity index (χ1n) is 13.5. The van der Waals surface area contributed by atoms with Crippen LogP contribution in [-0.2, 0) is 29.0 Å². The molecule has 1 aromatic carbocycles. The number of amides is 3. The maximum absolute atomic E-state index is 13.1. The first-order valence-corrected chi connectivity index (χ1v) is 14.9. The second kappa shape index (κ2) is 11.2. The predicted molar refractivity (Wildman–Crippen MR) is 151 cm³/mol. The van der Waals surface area contributed by atoms with Crippen molar-refractivity contribution >= 4 is 44.6 Å². The molecule has 3 aromatic rings. The lowest BCUT2D eigenvalue weighted by Crippen LogP contribution is -2.42. The van der Waals surface area contributed by atoms with Crippen LogP contribution in [0.2, 0.25) is 0 Å². The lowest BCUT2D eigenvalue weighted by molar-refractivity contribution is -0.197. The minimum absolute atomic E-state index is 0.0511. The number of benzene rings is 1. The largest absolute Gasteiger partial charge is 0.354 e. The highest BCUT2D eigenvalue weighted by molar-refractivity contribution is 7.89. The third-order valence-electron chi connectivity index (χ3n) is 7.02. The number of nitrogens with one attached hydrogen (secondary N) is 3. The van der Waals surface area contributed by atoms with E-state index in [-0.39, 0.29) is 33.9 Å². The Morgan fingerprint density at radius 3 is 2.52 bits per heavy atom. The van der Waals surface area contributed by atoms with Crippen molar-refractivity contribution in [3.8, 4) is 0 Å². The Labute approximate surface area is 243 Å². The predicted octanol–water partition coefficient (Wildman–Crippen LogP) is 2.05. The average molecular weight is 603 g/mol. The van der Waals surface area contributed by atoms with E-state index in [9.17, 15) is 18.0 Å². The van der Waals surface area contributed by atoms with Gasteiger partial charge in [0.1, 0.15) is 23.4 Å². The first-order chi connectivity index (χ1) is 19.8. The average Bonchev–Trinajstić information content (AvgIpc) is 3.59. The maximum atomic E-state index is 13.1. The van der Waals surface area contributed by atoms with E-state index in [0.29, 0.717) is 12.2 Å². The van der Waals surface area contributed by atoms with Crippen LogP contribution in [0.15, 0.2) is 41.8 Å². The summed E-state index contributed by atoms with van der Waals surface area (Å²) in [6.07, 6.45) is -0.318. The summed E-state index contributed by atoms with van der Waals surface area (Å²) < 4.78 is 47.3. The van der Waals surface area contributed by atoms with Gasteiger partial charge in [0, 0.05) is 19.6 Å². The molecule has 4 heterocycles. The van der Waals surface area contributed by atoms with Crippen LogP contribution in [0, 0.1) is 0 Å². The Morgan fingerprint density at radius 1 is 1.10 bits per heavy atom. The monoisotopic (exact) mass is 602 g/mol. The van der Waals surface area contributed by atoms with Crippen LogP contribution >= 0.6 is 0 Å². The van der Waals surface area contributed by atoms with Gasteiger partial charge in [0.15, 0.2) is 35.1 Å². The van der Waals surface area contributed by atoms with Gasteiger partial charge in [-0.3, -0.25) is 14.7 Å². The summed E-state index contributed by atoms with van der Waals surface area (Å²) >= 11 is 0. The van der Waals surface area contributed by atoms with Gasteiger partial charge in [0.25, 0.3) is 5.91 Å². The topological polar surface area (TPSA) is 179 Å². The quantitative estimate of drug-likeness (QED) is 0.346. The molecule has 0 radical (unpaired) electrons. The molecule has 3 amide bonds. The van der Waals surface area contributed by atoms with Crippen molar-refractivity contribution in [1.29, 1.82) is 0 Å². The molecule has 2 fully saturated rings. The summed E-state index contributed by atoms with van der Waals surface area (Å²) in [5.41, 5.74) is 0.657. The Kier molecular flexibility index (Phi) is 7.93. The molecular formula is C26H34N8O7S. The second-order valence-electron chi connectivity index (χ2n) is 10.6. The van der Waals surface area contributed by atoms with Crippen molar-refractivity contribution in [3.05, 3.63) is 36.9 Å². The third kappa shape index (κ3) is 5.43. The fraction of sp³-hybridized carbons (Fsp3) is 0.500. The smallest absolute Gasteiger partial charge is 0.324 e. The van der Waals surface area contributed by atoms with Gasteiger partial charge in [-0.15, -0.1) is 0 Å². The number of anilines is 2. The number of ether oxygens (including phenoxy) is 3. The fourth-order valence-corrected chi connectivity index (χ4v) is 6.42. The molecular weight excluding hydrogens is 568 g/mol. The number of carbonyl (C=O) groups is 2. The Morgan fingerprint density at radius 2 is 1.81 bits per heavy atom. The van der Waals surface area contributed by atoms with Gasteiger partial charge in [-0.1, -0.05) is 12.1 Å². The van der Waals surface area contributed by atoms with Gasteiger partial charge in [0.2, 0.25) is 10.0 Å². The van der Waals surface area contributed by atoms with Gasteiger partial charge in [0.05, 0.1) is 12.0 Å². The van der Waals surface area contributed by atoms with Crippen LogP contribution in [-0.4, -0.2) is 87.9 Å². The molecule has 15 nitrogen and oxygen atoms in total. The molecule has 2 aliphatic rings. The van der Waals surface area contributed by atoms with Gasteiger partial charge in [-0.05, 0) is 46.8 Å². The standard InChI is InChI=1S/C26H34N8O7S/c1-7-27-23(35)19-18-20(41-26(4,5)40-18)24(39-19)34-13-30-17-21(28-12-29-22(17)34)32-25(36)31-15-10-8-9-11-16(15)42(37,38)33(6)14(2)3/h8-14,18-20,24H,7H2,1-6H3,(H,27,35)(H2,28,29,31,32,36)/t18?,19-,20?,24+/m0/s1. The van der Waals surface area contributed by atoms with E-state index in [1.807, 2.05) is 6.92 Å². The zero-order valence-corrected chi connectivity index (χ0v) is 24.9. The Balaban J connectivity index is 1.40. The van der Waals surface area contributed by atoms with Crippen LogP contribution in [0.25, 0.3) is 11.2 Å². The van der Waals surface area contributed by atoms with Crippen molar-refractivity contribution in [1.82, 2.24) is 29.1 Å². The van der Waals surface area contributed by atoms with Crippen molar-refractivity contribution in [2.45, 2.75) is 75.9 Å². The molecule has 4 atom stereocenters. The molecule has 0 bridgehead atoms. The SMILES string of the molecule is CCNC(=O)[C@H]1O[C@@H](n2cnc3c(NC(=O)Nc4ccccc4S(=O)(=O)N(C)C(C)C)ncnc32)C2OC(C)(C)OC21. The van der Waals surface area contributed by atoms with Gasteiger partial charge in [-0.25, -0.2) is 28.2 Å². The number of sulfonamides is 1. The summed E-state index contributed by atoms with van der Waals surface area (Å²) in [6, 6.07) is 5.10. The maximum Gasteiger partial charge on any atom is 0.324 e. The van der Waals surface area contributed by atoms with Gasteiger partial charge < -0.3 is 24.8 Å². The number of nitrogens with zero attached hydrogens (tertiary/aromatic N) is 5. The van der Waals surface area contributed by atoms with Crippen molar-refractivity contribution in [2.24, 2.45) is 0 Å². The second-order valence-corrected chi connectivity index (χ2v) is 12.6. The molecule has 42 heavy (non-hydrogen) atoms. The fourth-order valence-electron chi connectivity index (χ4n) is 4.90. The van der Waals surface area contributed by atoms with Crippen molar-refractivity contribution < 1.29 is 32.2 Å². The zero-order valence-electron chi connectivity index (χ0n) is 24.1. The number of para-hydroxylation sites is 1. The van der Waals surface area contributed by atoms with Crippen LogP contribution in [0.1, 0.15) is 40.8 Å². The lowest BCUT2D eigenvalue weighted by Gasteiger charge is -2.24. The van der Waals surface area contributed by atoms with Crippen LogP contribution < -0.4 is 16.0 Å². The minimum atomic E-state index is -3.87. The number of fused-ring (bicyclic) bond motifs is 2. The summed E-state index contributed by atoms with van der Waals surface area (Å²) in [5.74, 6) is -1.18. The summed E-state index contributed by atoms with van der Waals surface area (Å²) in [5, 5.41) is 7.98. The molecule has 2 saturated heterocycles. The number of aromatic nitrogens is 4. The molecule has 2 aliphatic heterocycles. The van der Waals surface area contributed by atoms with E-state index in [1.54, 1.807) is 44.4 Å². The van der Waals surface area contributed by atoms with Gasteiger partial charge >= 0.3 is 6.03 Å². The van der Waals surface area contributed by atoms with E-state index in [2.05, 4.69) is 30.9 Å². The molecule has 2 aromatic heterocycles. The first kappa shape index (κ1) is 29.8.